The Morgan fingerprint density at radius 3 is 2.71 bits per heavy atom. The normalized spacial score (nSPS) is 18.7. The number of hydrogen-bond acceptors (Lipinski definition) is 2. The number of benzene rings is 1. The average molecular weight is 230 g/mol. The molecule has 14 heavy (non-hydrogen) atoms. The van der Waals surface area contributed by atoms with Gasteiger partial charge in [0, 0.05) is 11.5 Å². The van der Waals surface area contributed by atoms with E-state index in [1.165, 1.54) is 0 Å². The van der Waals surface area contributed by atoms with E-state index in [-0.39, 0.29) is 0 Å². The second kappa shape index (κ2) is 3.55. The molecule has 0 aromatic heterocycles. The molecular formula is C10H12ClNOS. The van der Waals surface area contributed by atoms with E-state index in [9.17, 15) is 4.21 Å². The van der Waals surface area contributed by atoms with Gasteiger partial charge in [0.1, 0.15) is 0 Å². The van der Waals surface area contributed by atoms with Crippen molar-refractivity contribution in [2.24, 2.45) is 4.36 Å². The minimum atomic E-state index is -1.94. The Morgan fingerprint density at radius 2 is 2.14 bits per heavy atom. The van der Waals surface area contributed by atoms with Crippen molar-refractivity contribution in [1.29, 1.82) is 0 Å². The number of aryl methyl sites for hydroxylation is 1. The molecule has 0 saturated carbocycles. The minimum Gasteiger partial charge on any atom is -0.249 e. The zero-order valence-electron chi connectivity index (χ0n) is 8.00. The van der Waals surface area contributed by atoms with Crippen LogP contribution in [0.15, 0.2) is 22.6 Å². The summed E-state index contributed by atoms with van der Waals surface area (Å²) in [6, 6.07) is 5.61. The largest absolute Gasteiger partial charge is 0.249 e. The number of halogens is 1. The van der Waals surface area contributed by atoms with Gasteiger partial charge in [-0.1, -0.05) is 17.7 Å². The zero-order chi connectivity index (χ0) is 10.2. The Labute approximate surface area is 89.5 Å². The van der Waals surface area contributed by atoms with Gasteiger partial charge in [0.2, 0.25) is 0 Å². The summed E-state index contributed by atoms with van der Waals surface area (Å²) in [7, 11) is -1.94. The van der Waals surface area contributed by atoms with E-state index < -0.39 is 9.73 Å². The van der Waals surface area contributed by atoms with Crippen LogP contribution < -0.4 is 0 Å². The summed E-state index contributed by atoms with van der Waals surface area (Å²) in [4.78, 5) is 0. The molecule has 76 valence electrons. The first-order valence-electron chi connectivity index (χ1n) is 4.58. The maximum atomic E-state index is 11.8. The summed E-state index contributed by atoms with van der Waals surface area (Å²) in [5.41, 5.74) is 1.77. The lowest BCUT2D eigenvalue weighted by Crippen LogP contribution is -2.22. The Balaban J connectivity index is 2.47. The molecule has 0 aliphatic carbocycles. The standard InChI is InChI=1S/C10H12ClNOS/c1-8-3-4-9(11)10(7-8)12-14(13)5-2-6-14/h3-4,7H,2,5-6H2,1H3. The van der Waals surface area contributed by atoms with Crippen LogP contribution in [-0.2, 0) is 9.73 Å². The first-order valence-corrected chi connectivity index (χ1v) is 6.81. The van der Waals surface area contributed by atoms with Gasteiger partial charge in [-0.2, -0.15) is 4.36 Å². The van der Waals surface area contributed by atoms with Crippen molar-refractivity contribution in [2.75, 3.05) is 11.5 Å². The summed E-state index contributed by atoms with van der Waals surface area (Å²) in [5, 5.41) is 0.588. The van der Waals surface area contributed by atoms with E-state index in [0.717, 1.165) is 23.5 Å². The van der Waals surface area contributed by atoms with Crippen molar-refractivity contribution in [1.82, 2.24) is 0 Å². The minimum absolute atomic E-state index is 0.588. The Morgan fingerprint density at radius 1 is 1.43 bits per heavy atom. The van der Waals surface area contributed by atoms with Gasteiger partial charge < -0.3 is 0 Å². The average Bonchev–Trinajstić information content (AvgIpc) is 2.09. The van der Waals surface area contributed by atoms with Crippen LogP contribution in [0.1, 0.15) is 12.0 Å². The maximum Gasteiger partial charge on any atom is 0.0918 e. The van der Waals surface area contributed by atoms with Gasteiger partial charge in [-0.15, -0.1) is 0 Å². The van der Waals surface area contributed by atoms with Gasteiger partial charge in [-0.25, -0.2) is 4.21 Å². The first-order chi connectivity index (χ1) is 6.59. The smallest absolute Gasteiger partial charge is 0.0918 e. The summed E-state index contributed by atoms with van der Waals surface area (Å²) >= 11 is 5.96. The van der Waals surface area contributed by atoms with Crippen molar-refractivity contribution in [2.45, 2.75) is 13.3 Å². The molecule has 1 heterocycles. The van der Waals surface area contributed by atoms with Gasteiger partial charge >= 0.3 is 0 Å². The molecule has 1 aliphatic rings. The van der Waals surface area contributed by atoms with E-state index in [1.54, 1.807) is 6.07 Å². The van der Waals surface area contributed by atoms with Crippen LogP contribution in [0, 0.1) is 6.92 Å². The molecule has 0 atom stereocenters. The van der Waals surface area contributed by atoms with Crippen molar-refractivity contribution < 1.29 is 4.21 Å². The molecule has 0 N–H and O–H groups in total. The third-order valence-electron chi connectivity index (χ3n) is 2.29. The third kappa shape index (κ3) is 1.93. The molecule has 0 spiro atoms. The van der Waals surface area contributed by atoms with Gasteiger partial charge in [0.25, 0.3) is 0 Å². The topological polar surface area (TPSA) is 29.4 Å². The van der Waals surface area contributed by atoms with Crippen LogP contribution in [0.5, 0.6) is 0 Å². The van der Waals surface area contributed by atoms with E-state index in [1.807, 2.05) is 19.1 Å². The summed E-state index contributed by atoms with van der Waals surface area (Å²) in [6.45, 7) is 1.98. The molecule has 2 nitrogen and oxygen atoms in total. The summed E-state index contributed by atoms with van der Waals surface area (Å²) < 4.78 is 16.1. The van der Waals surface area contributed by atoms with Crippen LogP contribution in [0.4, 0.5) is 5.69 Å². The van der Waals surface area contributed by atoms with E-state index in [2.05, 4.69) is 4.36 Å². The molecule has 1 aliphatic heterocycles. The molecule has 0 amide bonds. The fourth-order valence-corrected chi connectivity index (χ4v) is 3.04. The predicted octanol–water partition coefficient (Wildman–Crippen LogP) is 3.15. The Bertz CT molecular complexity index is 465. The van der Waals surface area contributed by atoms with Crippen LogP contribution in [0.3, 0.4) is 0 Å². The number of hydrogen-bond donors (Lipinski definition) is 0. The van der Waals surface area contributed by atoms with Gasteiger partial charge in [0.15, 0.2) is 0 Å². The monoisotopic (exact) mass is 229 g/mol. The highest BCUT2D eigenvalue weighted by Crippen LogP contribution is 2.29. The first kappa shape index (κ1) is 9.99. The second-order valence-corrected chi connectivity index (χ2v) is 6.53. The second-order valence-electron chi connectivity index (χ2n) is 3.58. The van der Waals surface area contributed by atoms with E-state index >= 15 is 0 Å². The van der Waals surface area contributed by atoms with Crippen LogP contribution in [0.2, 0.25) is 5.02 Å². The fraction of sp³-hybridized carbons (Fsp3) is 0.400. The van der Waals surface area contributed by atoms with E-state index in [4.69, 9.17) is 11.6 Å². The van der Waals surface area contributed by atoms with Gasteiger partial charge in [-0.3, -0.25) is 0 Å². The molecule has 0 radical (unpaired) electrons. The SMILES string of the molecule is Cc1ccc(Cl)c(N=S2(=O)CCC2)c1. The number of nitrogens with zero attached hydrogens (tertiary/aromatic N) is 1. The molecule has 1 aromatic carbocycles. The molecule has 1 aromatic rings. The molecule has 0 unspecified atom stereocenters. The third-order valence-corrected chi connectivity index (χ3v) is 5.00. The Hall–Kier alpha value is -0.540. The molecule has 2 rings (SSSR count). The highest BCUT2D eigenvalue weighted by molar-refractivity contribution is 7.95. The molecule has 4 heteroatoms. The summed E-state index contributed by atoms with van der Waals surface area (Å²) in [6.07, 6.45) is 1.02. The fourth-order valence-electron chi connectivity index (χ4n) is 1.35. The lowest BCUT2D eigenvalue weighted by Gasteiger charge is -2.18. The van der Waals surface area contributed by atoms with Crippen molar-refractivity contribution in [3.8, 4) is 0 Å². The summed E-state index contributed by atoms with van der Waals surface area (Å²) in [5.74, 6) is 1.44. The lowest BCUT2D eigenvalue weighted by atomic mass is 10.2. The van der Waals surface area contributed by atoms with Crippen molar-refractivity contribution in [3.63, 3.8) is 0 Å². The zero-order valence-corrected chi connectivity index (χ0v) is 9.57. The maximum absolute atomic E-state index is 11.8. The Kier molecular flexibility index (Phi) is 2.54. The molecule has 1 fully saturated rings. The highest BCUT2D eigenvalue weighted by atomic mass is 35.5. The quantitative estimate of drug-likeness (QED) is 0.728. The lowest BCUT2D eigenvalue weighted by molar-refractivity contribution is 0.663. The van der Waals surface area contributed by atoms with Crippen molar-refractivity contribution >= 4 is 27.0 Å². The predicted molar refractivity (Wildman–Crippen MR) is 60.8 cm³/mol. The molecule has 1 saturated heterocycles. The van der Waals surface area contributed by atoms with Crippen molar-refractivity contribution in [3.05, 3.63) is 28.8 Å². The van der Waals surface area contributed by atoms with Crippen LogP contribution >= 0.6 is 11.6 Å². The van der Waals surface area contributed by atoms with Gasteiger partial charge in [0.05, 0.1) is 20.4 Å². The highest BCUT2D eigenvalue weighted by Gasteiger charge is 2.19. The van der Waals surface area contributed by atoms with Gasteiger partial charge in [-0.05, 0) is 31.0 Å². The van der Waals surface area contributed by atoms with Crippen LogP contribution in [-0.4, -0.2) is 15.7 Å². The van der Waals surface area contributed by atoms with E-state index in [0.29, 0.717) is 10.7 Å². The van der Waals surface area contributed by atoms with Crippen LogP contribution in [0.25, 0.3) is 0 Å². The molecule has 0 bridgehead atoms. The molecular weight excluding hydrogens is 218 g/mol. The number of rotatable bonds is 1.